The zero-order chi connectivity index (χ0) is 26.1. The number of hydrogen-bond acceptors (Lipinski definition) is 3. The van der Waals surface area contributed by atoms with Gasteiger partial charge in [-0.15, -0.1) is 0 Å². The van der Waals surface area contributed by atoms with Gasteiger partial charge in [-0.3, -0.25) is 19.3 Å². The van der Waals surface area contributed by atoms with Crippen molar-refractivity contribution in [2.75, 3.05) is 0 Å². The first-order chi connectivity index (χ1) is 17.1. The van der Waals surface area contributed by atoms with Crippen LogP contribution in [-0.2, 0) is 0 Å². The molecule has 1 saturated carbocycles. The van der Waals surface area contributed by atoms with E-state index >= 15 is 4.39 Å². The van der Waals surface area contributed by atoms with Crippen molar-refractivity contribution in [2.45, 2.75) is 39.5 Å². The van der Waals surface area contributed by atoms with Gasteiger partial charge in [0.25, 0.3) is 5.56 Å². The summed E-state index contributed by atoms with van der Waals surface area (Å²) >= 11 is 6.49. The minimum Gasteiger partial charge on any atom is -0.284 e. The van der Waals surface area contributed by atoms with E-state index in [1.165, 1.54) is 18.3 Å². The minimum atomic E-state index is -0.893. The van der Waals surface area contributed by atoms with Gasteiger partial charge in [-0.25, -0.2) is 13.2 Å². The third kappa shape index (κ3) is 4.80. The molecule has 0 radical (unpaired) electrons. The normalized spacial score (nSPS) is 20.3. The first-order valence-corrected chi connectivity index (χ1v) is 11.9. The lowest BCUT2D eigenvalue weighted by Crippen LogP contribution is -2.21. The monoisotopic (exact) mass is 511 g/mol. The topological polar surface area (TPSA) is 47.2 Å². The van der Waals surface area contributed by atoms with E-state index in [-0.39, 0.29) is 34.1 Å². The maximum absolute atomic E-state index is 15.5. The van der Waals surface area contributed by atoms with Crippen LogP contribution in [0.25, 0.3) is 6.20 Å². The average Bonchev–Trinajstić information content (AvgIpc) is 3.52. The van der Waals surface area contributed by atoms with Crippen molar-refractivity contribution in [1.29, 1.82) is 0 Å². The summed E-state index contributed by atoms with van der Waals surface area (Å²) < 4.78 is 45.1. The zero-order valence-electron chi connectivity index (χ0n) is 20.3. The number of halogens is 4. The van der Waals surface area contributed by atoms with Crippen molar-refractivity contribution in [1.82, 2.24) is 9.55 Å². The van der Waals surface area contributed by atoms with Gasteiger partial charge in [-0.2, -0.15) is 0 Å². The van der Waals surface area contributed by atoms with Crippen LogP contribution in [0.2, 0.25) is 5.02 Å². The van der Waals surface area contributed by atoms with Crippen molar-refractivity contribution in [2.24, 2.45) is 10.9 Å². The number of allylic oxidation sites excluding steroid dienone is 2. The summed E-state index contributed by atoms with van der Waals surface area (Å²) in [5, 5.41) is -0.0398. The summed E-state index contributed by atoms with van der Waals surface area (Å²) in [5.41, 5.74) is 1.28. The number of nitrogens with zero attached hydrogens (tertiary/aromatic N) is 3. The smallest absolute Gasteiger partial charge is 0.273 e. The number of aliphatic imine (C=N–C) groups is 1. The Morgan fingerprint density at radius 2 is 1.92 bits per heavy atom. The molecule has 2 heterocycles. The molecule has 1 aliphatic carbocycles. The van der Waals surface area contributed by atoms with Crippen molar-refractivity contribution in [3.63, 3.8) is 0 Å². The fourth-order valence-corrected chi connectivity index (χ4v) is 4.90. The highest BCUT2D eigenvalue weighted by Gasteiger charge is 2.50. The quantitative estimate of drug-likeness (QED) is 0.331. The highest BCUT2D eigenvalue weighted by atomic mass is 35.5. The Hall–Kier alpha value is -3.45. The Kier molecular flexibility index (Phi) is 7.31. The Balaban J connectivity index is 1.75. The van der Waals surface area contributed by atoms with Crippen LogP contribution in [0.3, 0.4) is 0 Å². The van der Waals surface area contributed by atoms with Gasteiger partial charge in [0.2, 0.25) is 0 Å². The van der Waals surface area contributed by atoms with E-state index in [0.717, 1.165) is 22.5 Å². The number of aryl methyl sites for hydroxylation is 2. The third-order valence-corrected chi connectivity index (χ3v) is 6.90. The van der Waals surface area contributed by atoms with E-state index in [2.05, 4.69) is 9.98 Å². The predicted octanol–water partition coefficient (Wildman–Crippen LogP) is 7.10. The van der Waals surface area contributed by atoms with Crippen LogP contribution >= 0.6 is 11.6 Å². The first kappa shape index (κ1) is 25.6. The number of hydrogen-bond donors (Lipinski definition) is 0. The highest BCUT2D eigenvalue weighted by Crippen LogP contribution is 2.61. The van der Waals surface area contributed by atoms with Gasteiger partial charge in [0.1, 0.15) is 22.4 Å². The summed E-state index contributed by atoms with van der Waals surface area (Å²) in [7, 11) is 0. The molecule has 0 spiro atoms. The van der Waals surface area contributed by atoms with Crippen LogP contribution in [0.4, 0.5) is 13.2 Å². The van der Waals surface area contributed by atoms with Gasteiger partial charge in [-0.05, 0) is 73.4 Å². The van der Waals surface area contributed by atoms with Gasteiger partial charge in [-0.1, -0.05) is 36.7 Å². The fourth-order valence-electron chi connectivity index (χ4n) is 4.63. The summed E-state index contributed by atoms with van der Waals surface area (Å²) in [5.74, 6) is -1.92. The van der Waals surface area contributed by atoms with E-state index in [9.17, 15) is 13.6 Å². The van der Waals surface area contributed by atoms with Gasteiger partial charge >= 0.3 is 0 Å². The van der Waals surface area contributed by atoms with Crippen LogP contribution in [0.5, 0.6) is 0 Å². The zero-order valence-corrected chi connectivity index (χ0v) is 21.0. The van der Waals surface area contributed by atoms with Gasteiger partial charge in [0, 0.05) is 23.7 Å². The van der Waals surface area contributed by atoms with Gasteiger partial charge in [0.05, 0.1) is 12.4 Å². The number of benzene rings is 1. The Morgan fingerprint density at radius 3 is 2.61 bits per heavy atom. The van der Waals surface area contributed by atoms with Crippen LogP contribution in [0.15, 0.2) is 70.6 Å². The number of aromatic nitrogens is 2. The lowest BCUT2D eigenvalue weighted by molar-refractivity contribution is 0.613. The van der Waals surface area contributed by atoms with Crippen molar-refractivity contribution in [3.8, 4) is 0 Å². The van der Waals surface area contributed by atoms with Gasteiger partial charge in [0.15, 0.2) is 5.83 Å². The van der Waals surface area contributed by atoms with Crippen molar-refractivity contribution < 1.29 is 13.2 Å². The molecule has 2 aromatic heterocycles. The second kappa shape index (κ2) is 10.3. The van der Waals surface area contributed by atoms with Crippen LogP contribution in [-0.4, -0.2) is 15.3 Å². The predicted molar refractivity (Wildman–Crippen MR) is 137 cm³/mol. The SMILES string of the molecule is C/C=C/N=C(/C(F)=C/n1c(C)cc(C2C(C)C2c2cncc(F)c2)c(Cl)c1=O)c1cccc(C)c1F. The molecular formula is C28H25ClF3N3O. The lowest BCUT2D eigenvalue weighted by atomic mass is 10.0. The van der Waals surface area contributed by atoms with E-state index in [1.807, 2.05) is 6.92 Å². The summed E-state index contributed by atoms with van der Waals surface area (Å²) in [6.45, 7) is 6.94. The van der Waals surface area contributed by atoms with Gasteiger partial charge < -0.3 is 0 Å². The molecule has 186 valence electrons. The van der Waals surface area contributed by atoms with Crippen LogP contribution in [0.1, 0.15) is 53.6 Å². The molecule has 4 nitrogen and oxygen atoms in total. The van der Waals surface area contributed by atoms with E-state index in [0.29, 0.717) is 16.8 Å². The maximum Gasteiger partial charge on any atom is 0.273 e. The lowest BCUT2D eigenvalue weighted by Gasteiger charge is -2.12. The molecule has 1 aliphatic rings. The van der Waals surface area contributed by atoms with E-state index in [4.69, 9.17) is 11.6 Å². The molecule has 0 aliphatic heterocycles. The average molecular weight is 512 g/mol. The molecule has 3 unspecified atom stereocenters. The molecule has 0 N–H and O–H groups in total. The summed E-state index contributed by atoms with van der Waals surface area (Å²) in [6.07, 6.45) is 6.67. The molecule has 1 aromatic carbocycles. The Morgan fingerprint density at radius 1 is 1.17 bits per heavy atom. The minimum absolute atomic E-state index is 0.0198. The first-order valence-electron chi connectivity index (χ1n) is 11.5. The molecule has 4 rings (SSSR count). The van der Waals surface area contributed by atoms with Crippen molar-refractivity contribution >= 4 is 23.5 Å². The largest absolute Gasteiger partial charge is 0.284 e. The molecule has 3 aromatic rings. The number of pyridine rings is 2. The van der Waals surface area contributed by atoms with Crippen LogP contribution in [0, 0.1) is 31.4 Å². The van der Waals surface area contributed by atoms with Crippen molar-refractivity contribution in [3.05, 3.63) is 116 Å². The molecule has 0 amide bonds. The second-order valence-electron chi connectivity index (χ2n) is 8.95. The molecule has 3 atom stereocenters. The maximum atomic E-state index is 15.5. The standard InChI is InChI=1S/C28H25ClF3N3O/c1-5-9-34-27(20-8-6-7-15(2)26(20)32)22(31)14-35-16(3)10-21(25(29)28(35)36)24-17(4)23(24)18-11-19(30)13-33-12-18/h5-14,17,23-24H,1-4H3/b9-5+,22-14-,34-27+. The Labute approximate surface area is 212 Å². The molecule has 0 saturated heterocycles. The molecular weight excluding hydrogens is 487 g/mol. The molecule has 36 heavy (non-hydrogen) atoms. The Bertz CT molecular complexity index is 1480. The molecule has 1 fully saturated rings. The van der Waals surface area contributed by atoms with E-state index in [1.54, 1.807) is 51.2 Å². The number of rotatable bonds is 6. The fraction of sp³-hybridized carbons (Fsp3) is 0.250. The second-order valence-corrected chi connectivity index (χ2v) is 9.33. The molecule has 0 bridgehead atoms. The third-order valence-electron chi connectivity index (χ3n) is 6.52. The summed E-state index contributed by atoms with van der Waals surface area (Å²) in [6, 6.07) is 7.78. The van der Waals surface area contributed by atoms with E-state index < -0.39 is 23.0 Å². The van der Waals surface area contributed by atoms with Crippen LogP contribution < -0.4 is 5.56 Å². The highest BCUT2D eigenvalue weighted by molar-refractivity contribution is 6.31. The molecule has 8 heteroatoms. The summed E-state index contributed by atoms with van der Waals surface area (Å²) in [4.78, 5) is 21.2.